The number of sulfone groups is 1. The van der Waals surface area contributed by atoms with Crippen molar-refractivity contribution in [2.75, 3.05) is 31.6 Å². The predicted molar refractivity (Wildman–Crippen MR) is 106 cm³/mol. The number of hydrogen-bond acceptors (Lipinski definition) is 4. The molecule has 0 spiro atoms. The van der Waals surface area contributed by atoms with E-state index in [2.05, 4.69) is 20.9 Å². The summed E-state index contributed by atoms with van der Waals surface area (Å²) in [5.41, 5.74) is 0.526. The van der Waals surface area contributed by atoms with Gasteiger partial charge in [0.25, 0.3) is 0 Å². The molecule has 1 saturated carbocycles. The molecule has 28 heavy (non-hydrogen) atoms. The Morgan fingerprint density at radius 3 is 2.64 bits per heavy atom. The number of carbonyl (C=O) groups excluding carboxylic acids is 1. The first kappa shape index (κ1) is 20.6. The van der Waals surface area contributed by atoms with Crippen molar-refractivity contribution < 1.29 is 17.6 Å². The predicted octanol–water partition coefficient (Wildman–Crippen LogP) is 0.716. The third-order valence-corrected chi connectivity index (χ3v) is 7.13. The number of hydrogen-bond donors (Lipinski definition) is 3. The van der Waals surface area contributed by atoms with E-state index in [1.165, 1.54) is 6.07 Å². The molecule has 0 radical (unpaired) electrons. The molecule has 0 aromatic heterocycles. The SMILES string of the molecule is CN=C(NCCC(=O)NC1CCS(=O)(=O)C1)NCC1(c2ccccc2F)CC1. The van der Waals surface area contributed by atoms with E-state index >= 15 is 0 Å². The standard InChI is InChI=1S/C19H27FN4O3S/c1-21-18(22-10-6-17(25)24-14-7-11-28(26,27)12-14)23-13-19(8-9-19)15-4-2-3-5-16(15)20/h2-5,14H,6-13H2,1H3,(H,24,25)(H2,21,22,23). The van der Waals surface area contributed by atoms with E-state index in [0.717, 1.165) is 18.4 Å². The Morgan fingerprint density at radius 2 is 2.04 bits per heavy atom. The molecule has 1 heterocycles. The largest absolute Gasteiger partial charge is 0.356 e. The molecule has 1 aromatic rings. The lowest BCUT2D eigenvalue weighted by molar-refractivity contribution is -0.121. The second-order valence-corrected chi connectivity index (χ2v) is 9.76. The minimum absolute atomic E-state index is 0.0213. The van der Waals surface area contributed by atoms with Crippen LogP contribution in [0.4, 0.5) is 4.39 Å². The van der Waals surface area contributed by atoms with Gasteiger partial charge in [-0.2, -0.15) is 0 Å². The average Bonchev–Trinajstić information content (AvgIpc) is 3.36. The van der Waals surface area contributed by atoms with Gasteiger partial charge in [0.1, 0.15) is 5.82 Å². The molecule has 1 atom stereocenters. The van der Waals surface area contributed by atoms with Crippen LogP contribution in [-0.2, 0) is 20.0 Å². The maximum absolute atomic E-state index is 14.1. The van der Waals surface area contributed by atoms with Gasteiger partial charge >= 0.3 is 0 Å². The zero-order valence-corrected chi connectivity index (χ0v) is 16.8. The zero-order chi connectivity index (χ0) is 20.2. The summed E-state index contributed by atoms with van der Waals surface area (Å²) < 4.78 is 37.0. The van der Waals surface area contributed by atoms with Crippen molar-refractivity contribution in [1.29, 1.82) is 0 Å². The lowest BCUT2D eigenvalue weighted by atomic mass is 9.95. The summed E-state index contributed by atoms with van der Waals surface area (Å²) in [7, 11) is -1.37. The second kappa shape index (κ2) is 8.46. The van der Waals surface area contributed by atoms with Crippen molar-refractivity contribution in [2.24, 2.45) is 4.99 Å². The van der Waals surface area contributed by atoms with Crippen LogP contribution in [0.3, 0.4) is 0 Å². The Bertz CT molecular complexity index is 852. The van der Waals surface area contributed by atoms with Gasteiger partial charge < -0.3 is 16.0 Å². The van der Waals surface area contributed by atoms with E-state index < -0.39 is 9.84 Å². The van der Waals surface area contributed by atoms with Crippen LogP contribution in [0.25, 0.3) is 0 Å². The van der Waals surface area contributed by atoms with Crippen LogP contribution in [0.2, 0.25) is 0 Å². The van der Waals surface area contributed by atoms with Gasteiger partial charge in [0.2, 0.25) is 5.91 Å². The fraction of sp³-hybridized carbons (Fsp3) is 0.579. The highest BCUT2D eigenvalue weighted by Gasteiger charge is 2.45. The van der Waals surface area contributed by atoms with E-state index in [0.29, 0.717) is 25.5 Å². The molecule has 0 bridgehead atoms. The van der Waals surface area contributed by atoms with Gasteiger partial charge in [0, 0.05) is 38.0 Å². The van der Waals surface area contributed by atoms with Crippen molar-refractivity contribution in [2.45, 2.75) is 37.1 Å². The highest BCUT2D eigenvalue weighted by Crippen LogP contribution is 2.48. The quantitative estimate of drug-likeness (QED) is 0.454. The van der Waals surface area contributed by atoms with Crippen LogP contribution in [0.5, 0.6) is 0 Å². The van der Waals surface area contributed by atoms with Gasteiger partial charge in [0.05, 0.1) is 11.5 Å². The second-order valence-electron chi connectivity index (χ2n) is 7.53. The molecule has 2 aliphatic rings. The number of rotatable bonds is 7. The fourth-order valence-corrected chi connectivity index (χ4v) is 5.23. The highest BCUT2D eigenvalue weighted by atomic mass is 32.2. The first-order valence-electron chi connectivity index (χ1n) is 9.53. The van der Waals surface area contributed by atoms with Crippen molar-refractivity contribution in [3.05, 3.63) is 35.6 Å². The maximum Gasteiger partial charge on any atom is 0.222 e. The summed E-state index contributed by atoms with van der Waals surface area (Å²) in [6, 6.07) is 6.56. The Morgan fingerprint density at radius 1 is 1.29 bits per heavy atom. The number of benzene rings is 1. The van der Waals surface area contributed by atoms with Crippen LogP contribution in [0.15, 0.2) is 29.3 Å². The Labute approximate surface area is 165 Å². The summed E-state index contributed by atoms with van der Waals surface area (Å²) >= 11 is 0. The number of nitrogens with one attached hydrogen (secondary N) is 3. The Kier molecular flexibility index (Phi) is 6.22. The third-order valence-electron chi connectivity index (χ3n) is 5.36. The van der Waals surface area contributed by atoms with Crippen molar-refractivity contribution in [1.82, 2.24) is 16.0 Å². The molecule has 3 N–H and O–H groups in total. The zero-order valence-electron chi connectivity index (χ0n) is 16.0. The molecule has 2 fully saturated rings. The van der Waals surface area contributed by atoms with Gasteiger partial charge in [-0.15, -0.1) is 0 Å². The minimum atomic E-state index is -3.01. The molecule has 1 unspecified atom stereocenters. The van der Waals surface area contributed by atoms with Gasteiger partial charge in [-0.05, 0) is 30.9 Å². The number of halogens is 1. The molecule has 9 heteroatoms. The Hall–Kier alpha value is -2.16. The van der Waals surface area contributed by atoms with Gasteiger partial charge in [-0.3, -0.25) is 9.79 Å². The number of carbonyl (C=O) groups is 1. The van der Waals surface area contributed by atoms with Crippen LogP contribution in [0, 0.1) is 5.82 Å². The smallest absolute Gasteiger partial charge is 0.222 e. The lowest BCUT2D eigenvalue weighted by Gasteiger charge is -2.19. The number of aliphatic imine (C=N–C) groups is 1. The fourth-order valence-electron chi connectivity index (χ4n) is 3.56. The summed E-state index contributed by atoms with van der Waals surface area (Å²) in [6.45, 7) is 0.942. The highest BCUT2D eigenvalue weighted by molar-refractivity contribution is 7.91. The van der Waals surface area contributed by atoms with Crippen molar-refractivity contribution in [3.63, 3.8) is 0 Å². The molecule has 1 aliphatic heterocycles. The molecular weight excluding hydrogens is 383 g/mol. The van der Waals surface area contributed by atoms with Crippen molar-refractivity contribution in [3.8, 4) is 0 Å². The van der Waals surface area contributed by atoms with Gasteiger partial charge in [-0.1, -0.05) is 18.2 Å². The molecular formula is C19H27FN4O3S. The first-order valence-corrected chi connectivity index (χ1v) is 11.3. The maximum atomic E-state index is 14.1. The molecule has 1 aromatic carbocycles. The van der Waals surface area contributed by atoms with E-state index in [-0.39, 0.29) is 41.1 Å². The number of amides is 1. The van der Waals surface area contributed by atoms with Gasteiger partial charge in [-0.25, -0.2) is 12.8 Å². The summed E-state index contributed by atoms with van der Waals surface area (Å²) in [5, 5.41) is 9.05. The third kappa shape index (κ3) is 5.21. The number of nitrogens with zero attached hydrogens (tertiary/aromatic N) is 1. The molecule has 7 nitrogen and oxygen atoms in total. The summed E-state index contributed by atoms with van der Waals surface area (Å²) in [6.07, 6.45) is 2.54. The van der Waals surface area contributed by atoms with Crippen LogP contribution < -0.4 is 16.0 Å². The van der Waals surface area contributed by atoms with Crippen molar-refractivity contribution >= 4 is 21.7 Å². The molecule has 1 saturated heterocycles. The minimum Gasteiger partial charge on any atom is -0.356 e. The summed E-state index contributed by atoms with van der Waals surface area (Å²) in [5.74, 6) is 0.341. The lowest BCUT2D eigenvalue weighted by Crippen LogP contribution is -2.43. The average molecular weight is 411 g/mol. The molecule has 154 valence electrons. The summed E-state index contributed by atoms with van der Waals surface area (Å²) in [4.78, 5) is 16.1. The normalized spacial score (nSPS) is 22.5. The van der Waals surface area contributed by atoms with E-state index in [4.69, 9.17) is 0 Å². The molecule has 1 aliphatic carbocycles. The van der Waals surface area contributed by atoms with E-state index in [1.54, 1.807) is 13.1 Å². The van der Waals surface area contributed by atoms with Crippen LogP contribution >= 0.6 is 0 Å². The van der Waals surface area contributed by atoms with E-state index in [9.17, 15) is 17.6 Å². The molecule has 1 amide bonds. The van der Waals surface area contributed by atoms with Gasteiger partial charge in [0.15, 0.2) is 15.8 Å². The number of guanidine groups is 1. The molecule has 3 rings (SSSR count). The monoisotopic (exact) mass is 410 g/mol. The van der Waals surface area contributed by atoms with Crippen LogP contribution in [0.1, 0.15) is 31.2 Å². The van der Waals surface area contributed by atoms with E-state index in [1.807, 2.05) is 12.1 Å². The topological polar surface area (TPSA) is 99.7 Å². The van der Waals surface area contributed by atoms with Crippen LogP contribution in [-0.4, -0.2) is 58.0 Å². The Balaban J connectivity index is 1.41. The first-order chi connectivity index (χ1) is 13.3.